The molecule has 0 radical (unpaired) electrons. The average Bonchev–Trinajstić information content (AvgIpc) is 2.74. The molecule has 0 unspecified atom stereocenters. The van der Waals surface area contributed by atoms with Gasteiger partial charge >= 0.3 is 0 Å². The van der Waals surface area contributed by atoms with E-state index in [1.165, 1.54) is 0 Å². The zero-order valence-corrected chi connectivity index (χ0v) is 18.3. The number of halogens is 2. The van der Waals surface area contributed by atoms with Crippen LogP contribution in [0.3, 0.4) is 0 Å². The number of likely N-dealkylation sites (tertiary alicyclic amines) is 1. The molecule has 3 rings (SSSR count). The normalized spacial score (nSPS) is 13.9. The predicted octanol–water partition coefficient (Wildman–Crippen LogP) is 3.66. The maximum Gasteiger partial charge on any atom is 0.255 e. The molecule has 1 aliphatic heterocycles. The van der Waals surface area contributed by atoms with Gasteiger partial charge in [0, 0.05) is 38.6 Å². The number of aromatic nitrogens is 1. The Kier molecular flexibility index (Phi) is 11.0. The first-order valence-electron chi connectivity index (χ1n) is 9.55. The summed E-state index contributed by atoms with van der Waals surface area (Å²) in [5.41, 5.74) is 7.17. The van der Waals surface area contributed by atoms with Crippen LogP contribution in [0.4, 0.5) is 11.5 Å². The molecule has 0 aliphatic carbocycles. The fraction of sp³-hybridized carbons (Fsp3) is 0.429. The van der Waals surface area contributed by atoms with E-state index in [0.29, 0.717) is 18.7 Å². The summed E-state index contributed by atoms with van der Waals surface area (Å²) < 4.78 is 5.81. The summed E-state index contributed by atoms with van der Waals surface area (Å²) in [4.78, 5) is 21.1. The maximum absolute atomic E-state index is 12.7. The lowest BCUT2D eigenvalue weighted by Gasteiger charge is -2.32. The highest BCUT2D eigenvalue weighted by atomic mass is 35.5. The van der Waals surface area contributed by atoms with E-state index in [9.17, 15) is 4.79 Å². The van der Waals surface area contributed by atoms with E-state index in [-0.39, 0.29) is 36.8 Å². The minimum atomic E-state index is 0. The summed E-state index contributed by atoms with van der Waals surface area (Å²) in [5, 5.41) is 0. The molecule has 8 heteroatoms. The molecule has 6 nitrogen and oxygen atoms in total. The molecule has 1 saturated heterocycles. The minimum absolute atomic E-state index is 0. The summed E-state index contributed by atoms with van der Waals surface area (Å²) in [5.74, 6) is 0.849. The Hall–Kier alpha value is -1.86. The zero-order valence-electron chi connectivity index (χ0n) is 16.7. The van der Waals surface area contributed by atoms with Gasteiger partial charge in [0.05, 0.1) is 11.7 Å². The highest BCUT2D eigenvalue weighted by Crippen LogP contribution is 2.22. The number of nitrogens with two attached hydrogens (primary N) is 1. The monoisotopic (exact) mass is 440 g/mol. The van der Waals surface area contributed by atoms with Crippen molar-refractivity contribution >= 4 is 42.2 Å². The highest BCUT2D eigenvalue weighted by Gasteiger charge is 2.24. The van der Waals surface area contributed by atoms with Crippen molar-refractivity contribution in [1.29, 1.82) is 0 Å². The number of para-hydroxylation sites is 1. The van der Waals surface area contributed by atoms with Gasteiger partial charge in [0.25, 0.3) is 5.91 Å². The lowest BCUT2D eigenvalue weighted by Crippen LogP contribution is -2.41. The summed E-state index contributed by atoms with van der Waals surface area (Å²) in [6, 6.07) is 13.8. The Labute approximate surface area is 185 Å². The Morgan fingerprint density at radius 2 is 1.86 bits per heavy atom. The fourth-order valence-electron chi connectivity index (χ4n) is 3.24. The van der Waals surface area contributed by atoms with Crippen molar-refractivity contribution in [3.05, 3.63) is 54.2 Å². The second-order valence-electron chi connectivity index (χ2n) is 6.80. The summed E-state index contributed by atoms with van der Waals surface area (Å²) in [6.07, 6.45) is 4.53. The van der Waals surface area contributed by atoms with Gasteiger partial charge in [-0.3, -0.25) is 4.79 Å². The molecular weight excluding hydrogens is 411 g/mol. The standard InChI is InChI=1S/C21H28N4O2.2ClH/c1-24(18-6-3-2-4-7-18)20-9-8-17(16-23-20)21(26)25-13-10-19(11-14-25)27-15-5-12-22;;/h2-4,6-9,16,19H,5,10-15,22H2,1H3;2*1H. The van der Waals surface area contributed by atoms with Crippen molar-refractivity contribution < 1.29 is 9.53 Å². The average molecular weight is 441 g/mol. The van der Waals surface area contributed by atoms with Crippen LogP contribution in [0.2, 0.25) is 0 Å². The largest absolute Gasteiger partial charge is 0.378 e. The molecule has 0 atom stereocenters. The van der Waals surface area contributed by atoms with Crippen LogP contribution in [0.1, 0.15) is 29.6 Å². The van der Waals surface area contributed by atoms with Crippen molar-refractivity contribution in [1.82, 2.24) is 9.88 Å². The molecule has 2 aromatic rings. The number of ether oxygens (including phenoxy) is 1. The molecule has 1 amide bonds. The smallest absolute Gasteiger partial charge is 0.255 e. The molecule has 2 N–H and O–H groups in total. The van der Waals surface area contributed by atoms with Crippen molar-refractivity contribution in [3.63, 3.8) is 0 Å². The molecule has 29 heavy (non-hydrogen) atoms. The van der Waals surface area contributed by atoms with Crippen LogP contribution in [-0.2, 0) is 4.74 Å². The van der Waals surface area contributed by atoms with Crippen LogP contribution in [0.15, 0.2) is 48.7 Å². The number of hydrogen-bond donors (Lipinski definition) is 1. The van der Waals surface area contributed by atoms with Crippen LogP contribution in [0.25, 0.3) is 0 Å². The number of hydrogen-bond acceptors (Lipinski definition) is 5. The minimum Gasteiger partial charge on any atom is -0.378 e. The number of carbonyl (C=O) groups excluding carboxylic acids is 1. The van der Waals surface area contributed by atoms with Crippen molar-refractivity contribution in [2.45, 2.75) is 25.4 Å². The topological polar surface area (TPSA) is 71.7 Å². The van der Waals surface area contributed by atoms with E-state index >= 15 is 0 Å². The zero-order chi connectivity index (χ0) is 19.1. The Balaban J connectivity index is 0.00000210. The first-order valence-corrected chi connectivity index (χ1v) is 9.55. The molecule has 1 aromatic heterocycles. The molecule has 160 valence electrons. The predicted molar refractivity (Wildman–Crippen MR) is 122 cm³/mol. The van der Waals surface area contributed by atoms with Crippen LogP contribution in [0.5, 0.6) is 0 Å². The first kappa shape index (κ1) is 25.2. The third-order valence-electron chi connectivity index (χ3n) is 4.91. The van der Waals surface area contributed by atoms with Crippen molar-refractivity contribution in [2.24, 2.45) is 5.73 Å². The number of anilines is 2. The van der Waals surface area contributed by atoms with Crippen LogP contribution in [-0.4, -0.2) is 55.2 Å². The first-order chi connectivity index (χ1) is 13.2. The van der Waals surface area contributed by atoms with Crippen LogP contribution < -0.4 is 10.6 Å². The van der Waals surface area contributed by atoms with Gasteiger partial charge in [0.15, 0.2) is 0 Å². The number of nitrogens with zero attached hydrogens (tertiary/aromatic N) is 3. The quantitative estimate of drug-likeness (QED) is 0.664. The summed E-state index contributed by atoms with van der Waals surface area (Å²) in [7, 11) is 1.97. The van der Waals surface area contributed by atoms with E-state index in [4.69, 9.17) is 10.5 Å². The molecule has 1 aromatic carbocycles. The van der Waals surface area contributed by atoms with Gasteiger partial charge in [-0.05, 0) is 50.1 Å². The molecular formula is C21H30Cl2N4O2. The number of rotatable bonds is 7. The van der Waals surface area contributed by atoms with E-state index < -0.39 is 0 Å². The number of carbonyl (C=O) groups is 1. The van der Waals surface area contributed by atoms with Crippen molar-refractivity contribution in [3.8, 4) is 0 Å². The SMILES string of the molecule is CN(c1ccccc1)c1ccc(C(=O)N2CCC(OCCCN)CC2)cn1.Cl.Cl. The van der Waals surface area contributed by atoms with Crippen LogP contribution in [0, 0.1) is 0 Å². The number of piperidine rings is 1. The van der Waals surface area contributed by atoms with Crippen LogP contribution >= 0.6 is 24.8 Å². The second kappa shape index (κ2) is 12.6. The van der Waals surface area contributed by atoms with Gasteiger partial charge in [-0.1, -0.05) is 18.2 Å². The lowest BCUT2D eigenvalue weighted by atomic mass is 10.1. The van der Waals surface area contributed by atoms with E-state index in [1.54, 1.807) is 6.20 Å². The van der Waals surface area contributed by atoms with Gasteiger partial charge in [-0.2, -0.15) is 0 Å². The van der Waals surface area contributed by atoms with Gasteiger partial charge in [-0.25, -0.2) is 4.98 Å². The molecule has 0 spiro atoms. The van der Waals surface area contributed by atoms with E-state index in [2.05, 4.69) is 4.98 Å². The summed E-state index contributed by atoms with van der Waals surface area (Å²) in [6.45, 7) is 2.80. The Morgan fingerprint density at radius 1 is 1.17 bits per heavy atom. The number of benzene rings is 1. The summed E-state index contributed by atoms with van der Waals surface area (Å²) >= 11 is 0. The number of pyridine rings is 1. The second-order valence-corrected chi connectivity index (χ2v) is 6.80. The van der Waals surface area contributed by atoms with E-state index in [1.807, 2.05) is 59.3 Å². The maximum atomic E-state index is 12.7. The fourth-order valence-corrected chi connectivity index (χ4v) is 3.24. The van der Waals surface area contributed by atoms with Gasteiger partial charge in [0.1, 0.15) is 5.82 Å². The Bertz CT molecular complexity index is 723. The third-order valence-corrected chi connectivity index (χ3v) is 4.91. The molecule has 0 bridgehead atoms. The van der Waals surface area contributed by atoms with Gasteiger partial charge < -0.3 is 20.3 Å². The van der Waals surface area contributed by atoms with E-state index in [0.717, 1.165) is 43.9 Å². The highest BCUT2D eigenvalue weighted by molar-refractivity contribution is 5.94. The number of amides is 1. The molecule has 0 saturated carbocycles. The van der Waals surface area contributed by atoms with Crippen molar-refractivity contribution in [2.75, 3.05) is 38.2 Å². The lowest BCUT2D eigenvalue weighted by molar-refractivity contribution is 0.00844. The Morgan fingerprint density at radius 3 is 2.45 bits per heavy atom. The van der Waals surface area contributed by atoms with Gasteiger partial charge in [-0.15, -0.1) is 24.8 Å². The molecule has 1 fully saturated rings. The molecule has 1 aliphatic rings. The molecule has 2 heterocycles. The third kappa shape index (κ3) is 6.85. The van der Waals surface area contributed by atoms with Gasteiger partial charge in [0.2, 0.25) is 0 Å².